The van der Waals surface area contributed by atoms with Crippen molar-refractivity contribution in [2.24, 2.45) is 0 Å². The van der Waals surface area contributed by atoms with Crippen LogP contribution in [0.15, 0.2) is 48.5 Å². The van der Waals surface area contributed by atoms with Crippen LogP contribution in [0, 0.1) is 0 Å². The predicted molar refractivity (Wildman–Crippen MR) is 87.9 cm³/mol. The number of carbonyl (C=O) groups excluding carboxylic acids is 1. The molecule has 0 saturated carbocycles. The van der Waals surface area contributed by atoms with Crippen molar-refractivity contribution >= 4 is 17.3 Å². The fourth-order valence-electron chi connectivity index (χ4n) is 3.11. The maximum Gasteiger partial charge on any atom is 0.262 e. The van der Waals surface area contributed by atoms with Crippen LogP contribution in [0.1, 0.15) is 11.6 Å². The Kier molecular flexibility index (Phi) is 3.63. The first kappa shape index (κ1) is 14.1. The third-order valence-electron chi connectivity index (χ3n) is 4.24. The molecular weight excluding hydrogens is 292 g/mol. The molecule has 4 rings (SSSR count). The summed E-state index contributed by atoms with van der Waals surface area (Å²) in [6, 6.07) is 16.5. The highest BCUT2D eigenvalue weighted by atomic mass is 16.5. The van der Waals surface area contributed by atoms with Gasteiger partial charge in [0.05, 0.1) is 24.9 Å². The van der Waals surface area contributed by atoms with E-state index in [1.807, 2.05) is 36.4 Å². The van der Waals surface area contributed by atoms with Crippen molar-refractivity contribution in [3.63, 3.8) is 0 Å². The summed E-state index contributed by atoms with van der Waals surface area (Å²) < 4.78 is 11.1. The molecule has 0 bridgehead atoms. The van der Waals surface area contributed by atoms with E-state index in [4.69, 9.17) is 9.47 Å². The second kappa shape index (κ2) is 5.93. The summed E-state index contributed by atoms with van der Waals surface area (Å²) in [5.41, 5.74) is 3.02. The number of carbonyl (C=O) groups is 1. The van der Waals surface area contributed by atoms with E-state index in [0.717, 1.165) is 23.7 Å². The first-order valence-corrected chi connectivity index (χ1v) is 7.77. The van der Waals surface area contributed by atoms with Gasteiger partial charge in [-0.3, -0.25) is 4.79 Å². The van der Waals surface area contributed by atoms with Gasteiger partial charge in [-0.25, -0.2) is 0 Å². The monoisotopic (exact) mass is 310 g/mol. The standard InChI is InChI=1S/C18H18N2O3/c21-18-12-23-17-7-6-14(10-15(17)19-18)20-8-9-22-11-16(20)13-4-2-1-3-5-13/h1-7,10,16H,8-9,11-12H2,(H,19,21). The molecule has 5 heteroatoms. The van der Waals surface area contributed by atoms with Gasteiger partial charge < -0.3 is 19.7 Å². The lowest BCUT2D eigenvalue weighted by Gasteiger charge is -2.38. The van der Waals surface area contributed by atoms with Crippen LogP contribution in [0.4, 0.5) is 11.4 Å². The molecule has 0 aromatic heterocycles. The fraction of sp³-hybridized carbons (Fsp3) is 0.278. The topological polar surface area (TPSA) is 50.8 Å². The number of fused-ring (bicyclic) bond motifs is 1. The zero-order chi connectivity index (χ0) is 15.6. The molecule has 2 aromatic carbocycles. The van der Waals surface area contributed by atoms with Crippen LogP contribution in [0.2, 0.25) is 0 Å². The Morgan fingerprint density at radius 1 is 1.13 bits per heavy atom. The second-order valence-electron chi connectivity index (χ2n) is 5.71. The molecular formula is C18H18N2O3. The van der Waals surface area contributed by atoms with Crippen LogP contribution in [-0.4, -0.2) is 32.3 Å². The quantitative estimate of drug-likeness (QED) is 0.926. The van der Waals surface area contributed by atoms with E-state index < -0.39 is 0 Å². The van der Waals surface area contributed by atoms with E-state index in [-0.39, 0.29) is 18.6 Å². The highest BCUT2D eigenvalue weighted by Crippen LogP contribution is 2.36. The molecule has 1 atom stereocenters. The van der Waals surface area contributed by atoms with Gasteiger partial charge in [-0.2, -0.15) is 0 Å². The smallest absolute Gasteiger partial charge is 0.262 e. The predicted octanol–water partition coefficient (Wildman–Crippen LogP) is 2.60. The van der Waals surface area contributed by atoms with Gasteiger partial charge in [0, 0.05) is 12.2 Å². The van der Waals surface area contributed by atoms with Crippen LogP contribution in [-0.2, 0) is 9.53 Å². The molecule has 0 aliphatic carbocycles. The lowest BCUT2D eigenvalue weighted by atomic mass is 10.0. The van der Waals surface area contributed by atoms with Crippen LogP contribution >= 0.6 is 0 Å². The Morgan fingerprint density at radius 3 is 2.87 bits per heavy atom. The Morgan fingerprint density at radius 2 is 2.00 bits per heavy atom. The zero-order valence-corrected chi connectivity index (χ0v) is 12.7. The summed E-state index contributed by atoms with van der Waals surface area (Å²) in [7, 11) is 0. The van der Waals surface area contributed by atoms with Crippen molar-refractivity contribution < 1.29 is 14.3 Å². The minimum absolute atomic E-state index is 0.0799. The fourth-order valence-corrected chi connectivity index (χ4v) is 3.11. The average Bonchev–Trinajstić information content (AvgIpc) is 2.62. The number of amides is 1. The molecule has 1 amide bonds. The Bertz CT molecular complexity index is 717. The number of hydrogen-bond donors (Lipinski definition) is 1. The van der Waals surface area contributed by atoms with Gasteiger partial charge >= 0.3 is 0 Å². The van der Waals surface area contributed by atoms with E-state index in [0.29, 0.717) is 13.2 Å². The van der Waals surface area contributed by atoms with Gasteiger partial charge in [0.1, 0.15) is 5.75 Å². The van der Waals surface area contributed by atoms with E-state index in [1.165, 1.54) is 5.56 Å². The number of ether oxygens (including phenoxy) is 2. The number of rotatable bonds is 2. The Hall–Kier alpha value is -2.53. The molecule has 2 aromatic rings. The maximum atomic E-state index is 11.5. The molecule has 1 N–H and O–H groups in total. The van der Waals surface area contributed by atoms with Crippen molar-refractivity contribution in [1.82, 2.24) is 0 Å². The minimum atomic E-state index is -0.115. The van der Waals surface area contributed by atoms with Crippen LogP contribution < -0.4 is 15.0 Å². The van der Waals surface area contributed by atoms with E-state index in [2.05, 4.69) is 22.3 Å². The number of anilines is 2. The molecule has 23 heavy (non-hydrogen) atoms. The molecule has 118 valence electrons. The molecule has 0 spiro atoms. The zero-order valence-electron chi connectivity index (χ0n) is 12.7. The van der Waals surface area contributed by atoms with Crippen molar-refractivity contribution in [2.75, 3.05) is 36.6 Å². The van der Waals surface area contributed by atoms with E-state index >= 15 is 0 Å². The maximum absolute atomic E-state index is 11.5. The molecule has 2 aliphatic rings. The SMILES string of the molecule is O=C1COc2ccc(N3CCOCC3c3ccccc3)cc2N1. The Labute approximate surface area is 134 Å². The summed E-state index contributed by atoms with van der Waals surface area (Å²) in [5.74, 6) is 0.606. The van der Waals surface area contributed by atoms with Crippen LogP contribution in [0.3, 0.4) is 0 Å². The van der Waals surface area contributed by atoms with Gasteiger partial charge in [-0.1, -0.05) is 30.3 Å². The van der Waals surface area contributed by atoms with E-state index in [1.54, 1.807) is 0 Å². The van der Waals surface area contributed by atoms with Gasteiger partial charge in [-0.15, -0.1) is 0 Å². The lowest BCUT2D eigenvalue weighted by Crippen LogP contribution is -2.39. The van der Waals surface area contributed by atoms with Crippen molar-refractivity contribution in [3.8, 4) is 5.75 Å². The first-order valence-electron chi connectivity index (χ1n) is 7.77. The molecule has 1 fully saturated rings. The number of hydrogen-bond acceptors (Lipinski definition) is 4. The highest BCUT2D eigenvalue weighted by Gasteiger charge is 2.26. The summed E-state index contributed by atoms with van der Waals surface area (Å²) in [5, 5.41) is 2.87. The summed E-state index contributed by atoms with van der Waals surface area (Å²) >= 11 is 0. The third kappa shape index (κ3) is 2.75. The third-order valence-corrected chi connectivity index (χ3v) is 4.24. The number of nitrogens with one attached hydrogen (secondary N) is 1. The summed E-state index contributed by atoms with van der Waals surface area (Å²) in [6.07, 6.45) is 0. The van der Waals surface area contributed by atoms with Gasteiger partial charge in [0.25, 0.3) is 5.91 Å². The molecule has 0 radical (unpaired) electrons. The number of morpholine rings is 1. The lowest BCUT2D eigenvalue weighted by molar-refractivity contribution is -0.118. The van der Waals surface area contributed by atoms with Gasteiger partial charge in [0.15, 0.2) is 6.61 Å². The highest BCUT2D eigenvalue weighted by molar-refractivity contribution is 5.96. The Balaban J connectivity index is 1.67. The molecule has 5 nitrogen and oxygen atoms in total. The van der Waals surface area contributed by atoms with Crippen LogP contribution in [0.5, 0.6) is 5.75 Å². The molecule has 2 heterocycles. The van der Waals surface area contributed by atoms with Crippen molar-refractivity contribution in [2.45, 2.75) is 6.04 Å². The van der Waals surface area contributed by atoms with Crippen molar-refractivity contribution in [1.29, 1.82) is 0 Å². The average molecular weight is 310 g/mol. The minimum Gasteiger partial charge on any atom is -0.482 e. The summed E-state index contributed by atoms with van der Waals surface area (Å²) in [4.78, 5) is 13.8. The normalized spacial score (nSPS) is 20.4. The first-order chi connectivity index (χ1) is 11.3. The molecule has 1 saturated heterocycles. The van der Waals surface area contributed by atoms with Crippen LogP contribution in [0.25, 0.3) is 0 Å². The van der Waals surface area contributed by atoms with Gasteiger partial charge in [-0.05, 0) is 23.8 Å². The van der Waals surface area contributed by atoms with Gasteiger partial charge in [0.2, 0.25) is 0 Å². The second-order valence-corrected chi connectivity index (χ2v) is 5.71. The number of benzene rings is 2. The number of nitrogens with zero attached hydrogens (tertiary/aromatic N) is 1. The molecule has 1 unspecified atom stereocenters. The molecule has 2 aliphatic heterocycles. The van der Waals surface area contributed by atoms with E-state index in [9.17, 15) is 4.79 Å². The van der Waals surface area contributed by atoms with Crippen molar-refractivity contribution in [3.05, 3.63) is 54.1 Å². The summed E-state index contributed by atoms with van der Waals surface area (Å²) in [6.45, 7) is 2.25. The largest absolute Gasteiger partial charge is 0.482 e.